The molecule has 0 radical (unpaired) electrons. The molecular weight excluding hydrogens is 204 g/mol. The molecule has 0 aliphatic heterocycles. The van der Waals surface area contributed by atoms with Crippen LogP contribution in [0.25, 0.3) is 11.1 Å². The number of hydrogen-bond donors (Lipinski definition) is 0. The highest BCUT2D eigenvalue weighted by Crippen LogP contribution is 2.26. The maximum absolute atomic E-state index is 2.24. The summed E-state index contributed by atoms with van der Waals surface area (Å²) in [5.74, 6) is 0. The molecule has 0 aromatic heterocycles. The van der Waals surface area contributed by atoms with Gasteiger partial charge in [0.05, 0.1) is 0 Å². The molecule has 0 heteroatoms. The van der Waals surface area contributed by atoms with Crippen LogP contribution in [0.15, 0.2) is 48.5 Å². The van der Waals surface area contributed by atoms with Crippen LogP contribution in [0.1, 0.15) is 31.9 Å². The first-order valence-electron chi connectivity index (χ1n) is 6.14. The third kappa shape index (κ3) is 2.76. The summed E-state index contributed by atoms with van der Waals surface area (Å²) < 4.78 is 0. The Morgan fingerprint density at radius 2 is 1.06 bits per heavy atom. The minimum absolute atomic E-state index is 0.228. The van der Waals surface area contributed by atoms with Crippen LogP contribution in [-0.2, 0) is 5.41 Å². The summed E-state index contributed by atoms with van der Waals surface area (Å²) in [7, 11) is 0. The molecule has 0 fully saturated rings. The van der Waals surface area contributed by atoms with E-state index in [-0.39, 0.29) is 5.41 Å². The molecule has 0 heterocycles. The van der Waals surface area contributed by atoms with Gasteiger partial charge in [-0.3, -0.25) is 0 Å². The summed E-state index contributed by atoms with van der Waals surface area (Å²) >= 11 is 0. The fraction of sp³-hybridized carbons (Fsp3) is 0.294. The van der Waals surface area contributed by atoms with Crippen LogP contribution in [0.4, 0.5) is 0 Å². The second-order valence-corrected chi connectivity index (χ2v) is 5.69. The van der Waals surface area contributed by atoms with Gasteiger partial charge in [-0.15, -0.1) is 0 Å². The van der Waals surface area contributed by atoms with Gasteiger partial charge in [0, 0.05) is 0 Å². The zero-order chi connectivity index (χ0) is 12.5. The van der Waals surface area contributed by atoms with Crippen LogP contribution in [0, 0.1) is 6.92 Å². The lowest BCUT2D eigenvalue weighted by molar-refractivity contribution is 0.590. The van der Waals surface area contributed by atoms with Crippen molar-refractivity contribution in [1.82, 2.24) is 0 Å². The van der Waals surface area contributed by atoms with E-state index in [1.54, 1.807) is 0 Å². The first-order chi connectivity index (χ1) is 7.97. The molecule has 0 unspecified atom stereocenters. The topological polar surface area (TPSA) is 0 Å². The number of benzene rings is 2. The first kappa shape index (κ1) is 11.9. The Balaban J connectivity index is 2.33. The van der Waals surface area contributed by atoms with Crippen LogP contribution in [-0.4, -0.2) is 0 Å². The highest BCUT2D eigenvalue weighted by molar-refractivity contribution is 5.64. The van der Waals surface area contributed by atoms with Gasteiger partial charge in [0.1, 0.15) is 0 Å². The fourth-order valence-corrected chi connectivity index (χ4v) is 1.91. The van der Waals surface area contributed by atoms with Crippen LogP contribution in [0.3, 0.4) is 0 Å². The van der Waals surface area contributed by atoms with Crippen LogP contribution in [0.5, 0.6) is 0 Å². The van der Waals surface area contributed by atoms with Gasteiger partial charge in [0.2, 0.25) is 0 Å². The van der Waals surface area contributed by atoms with E-state index < -0.39 is 0 Å². The van der Waals surface area contributed by atoms with E-state index in [0.717, 1.165) is 0 Å². The Morgan fingerprint density at radius 1 is 0.647 bits per heavy atom. The van der Waals surface area contributed by atoms with Gasteiger partial charge in [-0.2, -0.15) is 0 Å². The molecule has 0 nitrogen and oxygen atoms in total. The lowest BCUT2D eigenvalue weighted by Gasteiger charge is -2.19. The van der Waals surface area contributed by atoms with Crippen molar-refractivity contribution in [3.63, 3.8) is 0 Å². The fourth-order valence-electron chi connectivity index (χ4n) is 1.91. The van der Waals surface area contributed by atoms with Crippen molar-refractivity contribution in [3.05, 3.63) is 59.7 Å². The Morgan fingerprint density at radius 3 is 1.47 bits per heavy atom. The second kappa shape index (κ2) is 4.37. The standard InChI is InChI=1S/C17H20/c1-13-5-7-14(8-6-13)15-9-11-16(12-10-15)17(2,3)4/h5-12H,1-4H3. The van der Waals surface area contributed by atoms with Crippen molar-refractivity contribution < 1.29 is 0 Å². The number of rotatable bonds is 1. The SMILES string of the molecule is Cc1ccc(-c2ccc(C(C)(C)C)cc2)cc1. The molecule has 17 heavy (non-hydrogen) atoms. The van der Waals surface area contributed by atoms with Gasteiger partial charge in [-0.25, -0.2) is 0 Å². The smallest absolute Gasteiger partial charge is 0.0132 e. The first-order valence-corrected chi connectivity index (χ1v) is 6.14. The summed E-state index contributed by atoms with van der Waals surface area (Å²) in [6.45, 7) is 8.85. The molecule has 0 amide bonds. The largest absolute Gasteiger partial charge is 0.0587 e. The predicted octanol–water partition coefficient (Wildman–Crippen LogP) is 4.96. The Kier molecular flexibility index (Phi) is 3.06. The Labute approximate surface area is 104 Å². The van der Waals surface area contributed by atoms with Gasteiger partial charge in [0.25, 0.3) is 0 Å². The van der Waals surface area contributed by atoms with Crippen molar-refractivity contribution in [2.45, 2.75) is 33.1 Å². The summed E-state index contributed by atoms with van der Waals surface area (Å²) in [4.78, 5) is 0. The summed E-state index contributed by atoms with van der Waals surface area (Å²) in [5.41, 5.74) is 5.49. The zero-order valence-electron chi connectivity index (χ0n) is 11.1. The van der Waals surface area contributed by atoms with E-state index in [1.807, 2.05) is 0 Å². The average Bonchev–Trinajstić information content (AvgIpc) is 2.29. The summed E-state index contributed by atoms with van der Waals surface area (Å²) in [6.07, 6.45) is 0. The van der Waals surface area contributed by atoms with E-state index in [0.29, 0.717) is 0 Å². The molecule has 2 aromatic rings. The molecule has 88 valence electrons. The van der Waals surface area contributed by atoms with Crippen molar-refractivity contribution >= 4 is 0 Å². The maximum Gasteiger partial charge on any atom is -0.0132 e. The van der Waals surface area contributed by atoms with E-state index in [9.17, 15) is 0 Å². The van der Waals surface area contributed by atoms with Gasteiger partial charge in [-0.1, -0.05) is 74.9 Å². The van der Waals surface area contributed by atoms with Gasteiger partial charge >= 0.3 is 0 Å². The van der Waals surface area contributed by atoms with Crippen LogP contribution < -0.4 is 0 Å². The quantitative estimate of drug-likeness (QED) is 0.642. The number of aryl methyl sites for hydroxylation is 1. The third-order valence-corrected chi connectivity index (χ3v) is 3.14. The molecule has 0 bridgehead atoms. The molecule has 0 saturated carbocycles. The summed E-state index contributed by atoms with van der Waals surface area (Å²) in [6, 6.07) is 17.6. The zero-order valence-corrected chi connectivity index (χ0v) is 11.1. The average molecular weight is 224 g/mol. The van der Waals surface area contributed by atoms with E-state index >= 15 is 0 Å². The summed E-state index contributed by atoms with van der Waals surface area (Å²) in [5, 5.41) is 0. The maximum atomic E-state index is 2.24. The van der Waals surface area contributed by atoms with E-state index in [1.165, 1.54) is 22.3 Å². The van der Waals surface area contributed by atoms with Gasteiger partial charge < -0.3 is 0 Å². The van der Waals surface area contributed by atoms with Crippen molar-refractivity contribution in [2.24, 2.45) is 0 Å². The highest BCUT2D eigenvalue weighted by Gasteiger charge is 2.12. The molecule has 2 aromatic carbocycles. The normalized spacial score (nSPS) is 11.5. The third-order valence-electron chi connectivity index (χ3n) is 3.14. The molecule has 0 N–H and O–H groups in total. The molecule has 0 spiro atoms. The van der Waals surface area contributed by atoms with Gasteiger partial charge in [-0.05, 0) is 29.0 Å². The predicted molar refractivity (Wildman–Crippen MR) is 75.3 cm³/mol. The van der Waals surface area contributed by atoms with E-state index in [2.05, 4.69) is 76.2 Å². The van der Waals surface area contributed by atoms with Crippen molar-refractivity contribution in [3.8, 4) is 11.1 Å². The minimum Gasteiger partial charge on any atom is -0.0587 e. The molecule has 0 saturated heterocycles. The van der Waals surface area contributed by atoms with Crippen LogP contribution >= 0.6 is 0 Å². The monoisotopic (exact) mass is 224 g/mol. The minimum atomic E-state index is 0.228. The molecule has 2 rings (SSSR count). The molecular formula is C17H20. The molecule has 0 aliphatic rings. The van der Waals surface area contributed by atoms with Crippen molar-refractivity contribution in [1.29, 1.82) is 0 Å². The number of hydrogen-bond acceptors (Lipinski definition) is 0. The lowest BCUT2D eigenvalue weighted by atomic mass is 9.86. The van der Waals surface area contributed by atoms with E-state index in [4.69, 9.17) is 0 Å². The Bertz CT molecular complexity index is 481. The highest BCUT2D eigenvalue weighted by atomic mass is 14.2. The second-order valence-electron chi connectivity index (χ2n) is 5.69. The Hall–Kier alpha value is -1.56. The molecule has 0 atom stereocenters. The molecule has 0 aliphatic carbocycles. The lowest BCUT2D eigenvalue weighted by Crippen LogP contribution is -2.10. The van der Waals surface area contributed by atoms with Crippen molar-refractivity contribution in [2.75, 3.05) is 0 Å². The van der Waals surface area contributed by atoms with Gasteiger partial charge in [0.15, 0.2) is 0 Å². The van der Waals surface area contributed by atoms with Crippen LogP contribution in [0.2, 0.25) is 0 Å².